The predicted molar refractivity (Wildman–Crippen MR) is 100 cm³/mol. The highest BCUT2D eigenvalue weighted by molar-refractivity contribution is 5.77. The van der Waals surface area contributed by atoms with Gasteiger partial charge in [-0.05, 0) is 43.0 Å². The van der Waals surface area contributed by atoms with E-state index in [-0.39, 0.29) is 12.3 Å². The third-order valence-corrected chi connectivity index (χ3v) is 4.02. The Bertz CT molecular complexity index is 698. The van der Waals surface area contributed by atoms with Gasteiger partial charge in [-0.3, -0.25) is 9.59 Å². The SMILES string of the molecule is CCOc1ccc([C@@H](CC(=O)O)NC(=O)CCCc2ccccc2)cc1. The Morgan fingerprint density at radius 1 is 1.08 bits per heavy atom. The average molecular weight is 355 g/mol. The van der Waals surface area contributed by atoms with E-state index >= 15 is 0 Å². The highest BCUT2D eigenvalue weighted by Gasteiger charge is 2.18. The number of hydrogen-bond acceptors (Lipinski definition) is 3. The molecule has 138 valence electrons. The molecule has 0 aliphatic carbocycles. The van der Waals surface area contributed by atoms with E-state index in [0.29, 0.717) is 13.0 Å². The van der Waals surface area contributed by atoms with Crippen LogP contribution in [0.15, 0.2) is 54.6 Å². The molecule has 0 unspecified atom stereocenters. The van der Waals surface area contributed by atoms with Gasteiger partial charge in [-0.2, -0.15) is 0 Å². The van der Waals surface area contributed by atoms with E-state index in [0.717, 1.165) is 24.2 Å². The number of carboxylic acids is 1. The minimum atomic E-state index is -0.950. The van der Waals surface area contributed by atoms with Crippen LogP contribution in [-0.4, -0.2) is 23.6 Å². The van der Waals surface area contributed by atoms with Crippen LogP contribution in [-0.2, 0) is 16.0 Å². The second-order valence-electron chi connectivity index (χ2n) is 6.06. The molecule has 26 heavy (non-hydrogen) atoms. The molecule has 0 fully saturated rings. The van der Waals surface area contributed by atoms with Gasteiger partial charge in [0.25, 0.3) is 0 Å². The van der Waals surface area contributed by atoms with Crippen LogP contribution >= 0.6 is 0 Å². The highest BCUT2D eigenvalue weighted by Crippen LogP contribution is 2.21. The molecule has 0 aliphatic heterocycles. The van der Waals surface area contributed by atoms with Gasteiger partial charge in [-0.15, -0.1) is 0 Å². The van der Waals surface area contributed by atoms with Crippen LogP contribution in [0.1, 0.15) is 43.4 Å². The monoisotopic (exact) mass is 355 g/mol. The molecule has 1 amide bonds. The quantitative estimate of drug-likeness (QED) is 0.681. The number of benzene rings is 2. The summed E-state index contributed by atoms with van der Waals surface area (Å²) in [6.07, 6.45) is 1.75. The molecule has 1 atom stereocenters. The lowest BCUT2D eigenvalue weighted by molar-refractivity contribution is -0.137. The Kier molecular flexibility index (Phi) is 7.68. The Hall–Kier alpha value is -2.82. The van der Waals surface area contributed by atoms with Crippen LogP contribution in [0.25, 0.3) is 0 Å². The standard InChI is InChI=1S/C21H25NO4/c1-2-26-18-13-11-17(12-14-18)19(15-21(24)25)22-20(23)10-6-9-16-7-4-3-5-8-16/h3-5,7-8,11-14,19H,2,6,9-10,15H2,1H3,(H,22,23)(H,24,25)/t19-/m1/s1. The lowest BCUT2D eigenvalue weighted by Gasteiger charge is -2.18. The van der Waals surface area contributed by atoms with Crippen LogP contribution in [0.5, 0.6) is 5.75 Å². The van der Waals surface area contributed by atoms with Crippen LogP contribution in [0.4, 0.5) is 0 Å². The van der Waals surface area contributed by atoms with Gasteiger partial charge in [-0.25, -0.2) is 0 Å². The zero-order valence-electron chi connectivity index (χ0n) is 15.0. The zero-order valence-corrected chi connectivity index (χ0v) is 15.0. The van der Waals surface area contributed by atoms with Crippen molar-refractivity contribution in [3.05, 3.63) is 65.7 Å². The summed E-state index contributed by atoms with van der Waals surface area (Å²) in [5.41, 5.74) is 1.95. The molecule has 5 nitrogen and oxygen atoms in total. The van der Waals surface area contributed by atoms with Gasteiger partial charge in [0.2, 0.25) is 5.91 Å². The minimum absolute atomic E-state index is 0.138. The first-order chi connectivity index (χ1) is 12.6. The van der Waals surface area contributed by atoms with Gasteiger partial charge in [0, 0.05) is 6.42 Å². The maximum absolute atomic E-state index is 12.2. The molecule has 0 aliphatic rings. The molecule has 2 aromatic rings. The van der Waals surface area contributed by atoms with Crippen molar-refractivity contribution in [3.8, 4) is 5.75 Å². The summed E-state index contributed by atoms with van der Waals surface area (Å²) in [6.45, 7) is 2.47. The fourth-order valence-electron chi connectivity index (χ4n) is 2.75. The number of hydrogen-bond donors (Lipinski definition) is 2. The number of amides is 1. The molecule has 5 heteroatoms. The van der Waals surface area contributed by atoms with Crippen LogP contribution in [0, 0.1) is 0 Å². The van der Waals surface area contributed by atoms with Crippen LogP contribution < -0.4 is 10.1 Å². The van der Waals surface area contributed by atoms with Gasteiger partial charge in [0.15, 0.2) is 0 Å². The van der Waals surface area contributed by atoms with Crippen molar-refractivity contribution < 1.29 is 19.4 Å². The largest absolute Gasteiger partial charge is 0.494 e. The Labute approximate surface area is 154 Å². The number of ether oxygens (including phenoxy) is 1. The maximum atomic E-state index is 12.2. The number of nitrogens with one attached hydrogen (secondary N) is 1. The Morgan fingerprint density at radius 2 is 1.77 bits per heavy atom. The van der Waals surface area contributed by atoms with Gasteiger partial charge in [-0.1, -0.05) is 42.5 Å². The van der Waals surface area contributed by atoms with E-state index < -0.39 is 12.0 Å². The smallest absolute Gasteiger partial charge is 0.305 e. The summed E-state index contributed by atoms with van der Waals surface area (Å²) in [6, 6.07) is 16.6. The van der Waals surface area contributed by atoms with Crippen molar-refractivity contribution in [3.63, 3.8) is 0 Å². The summed E-state index contributed by atoms with van der Waals surface area (Å²) in [5.74, 6) is -0.367. The molecule has 0 bridgehead atoms. The number of carbonyl (C=O) groups excluding carboxylic acids is 1. The maximum Gasteiger partial charge on any atom is 0.305 e. The summed E-state index contributed by atoms with van der Waals surface area (Å²) in [5, 5.41) is 12.0. The summed E-state index contributed by atoms with van der Waals surface area (Å²) < 4.78 is 5.39. The molecule has 2 rings (SSSR count). The van der Waals surface area contributed by atoms with Crippen LogP contribution in [0.2, 0.25) is 0 Å². The molecule has 0 radical (unpaired) electrons. The summed E-state index contributed by atoms with van der Waals surface area (Å²) in [7, 11) is 0. The number of rotatable bonds is 10. The lowest BCUT2D eigenvalue weighted by atomic mass is 10.0. The third kappa shape index (κ3) is 6.59. The van der Waals surface area contributed by atoms with E-state index in [1.54, 1.807) is 24.3 Å². The third-order valence-electron chi connectivity index (χ3n) is 4.02. The first-order valence-electron chi connectivity index (χ1n) is 8.86. The van der Waals surface area contributed by atoms with E-state index in [1.165, 1.54) is 5.56 Å². The summed E-state index contributed by atoms with van der Waals surface area (Å²) in [4.78, 5) is 23.4. The molecule has 0 heterocycles. The van der Waals surface area contributed by atoms with Crippen molar-refractivity contribution in [2.24, 2.45) is 0 Å². The molecule has 0 spiro atoms. The predicted octanol–water partition coefficient (Wildman–Crippen LogP) is 3.74. The molecule has 2 aromatic carbocycles. The van der Waals surface area contributed by atoms with Gasteiger partial charge in [0.1, 0.15) is 5.75 Å². The molecule has 2 N–H and O–H groups in total. The summed E-state index contributed by atoms with van der Waals surface area (Å²) >= 11 is 0. The van der Waals surface area contributed by atoms with E-state index in [4.69, 9.17) is 9.84 Å². The Morgan fingerprint density at radius 3 is 2.38 bits per heavy atom. The molecule has 0 saturated heterocycles. The van der Waals surface area contributed by atoms with Gasteiger partial charge >= 0.3 is 5.97 Å². The Balaban J connectivity index is 1.91. The van der Waals surface area contributed by atoms with Crippen molar-refractivity contribution >= 4 is 11.9 Å². The highest BCUT2D eigenvalue weighted by atomic mass is 16.5. The zero-order chi connectivity index (χ0) is 18.8. The first kappa shape index (κ1) is 19.5. The molecule has 0 saturated carbocycles. The van der Waals surface area contributed by atoms with Crippen molar-refractivity contribution in [1.29, 1.82) is 0 Å². The molecule has 0 aromatic heterocycles. The van der Waals surface area contributed by atoms with E-state index in [9.17, 15) is 9.59 Å². The fraction of sp³-hybridized carbons (Fsp3) is 0.333. The van der Waals surface area contributed by atoms with Crippen LogP contribution in [0.3, 0.4) is 0 Å². The number of aliphatic carboxylic acids is 1. The number of carbonyl (C=O) groups is 2. The number of aryl methyl sites for hydroxylation is 1. The second kappa shape index (κ2) is 10.2. The topological polar surface area (TPSA) is 75.6 Å². The first-order valence-corrected chi connectivity index (χ1v) is 8.86. The van der Waals surface area contributed by atoms with Crippen molar-refractivity contribution in [2.45, 2.75) is 38.6 Å². The normalized spacial score (nSPS) is 11.6. The van der Waals surface area contributed by atoms with E-state index in [2.05, 4.69) is 5.32 Å². The number of carboxylic acid groups (broad SMARTS) is 1. The average Bonchev–Trinajstić information content (AvgIpc) is 2.63. The second-order valence-corrected chi connectivity index (χ2v) is 6.06. The fourth-order valence-corrected chi connectivity index (χ4v) is 2.75. The lowest BCUT2D eigenvalue weighted by Crippen LogP contribution is -2.30. The van der Waals surface area contributed by atoms with Gasteiger partial charge < -0.3 is 15.2 Å². The van der Waals surface area contributed by atoms with Crippen molar-refractivity contribution in [2.75, 3.05) is 6.61 Å². The van der Waals surface area contributed by atoms with Gasteiger partial charge in [0.05, 0.1) is 19.1 Å². The van der Waals surface area contributed by atoms with E-state index in [1.807, 2.05) is 37.3 Å². The molecular weight excluding hydrogens is 330 g/mol. The minimum Gasteiger partial charge on any atom is -0.494 e. The van der Waals surface area contributed by atoms with Crippen molar-refractivity contribution in [1.82, 2.24) is 5.32 Å². The molecular formula is C21H25NO4.